The molecule has 0 aliphatic heterocycles. The van der Waals surface area contributed by atoms with Crippen LogP contribution in [0.15, 0.2) is 0 Å². The van der Waals surface area contributed by atoms with Gasteiger partial charge in [-0.3, -0.25) is 10.1 Å². The predicted octanol–water partition coefficient (Wildman–Crippen LogP) is 3.07. The zero-order valence-corrected chi connectivity index (χ0v) is 12.0. The summed E-state index contributed by atoms with van der Waals surface area (Å²) in [5.74, 6) is 0.772. The molecule has 0 radical (unpaired) electrons. The SMILES string of the molecule is Cc1nn(C2CC(C)CC(C)(C)C2)c(N)c1[N+](=O)[O-]. The van der Waals surface area contributed by atoms with E-state index < -0.39 is 4.92 Å². The molecule has 2 atom stereocenters. The van der Waals surface area contributed by atoms with Crippen molar-refractivity contribution in [3.05, 3.63) is 15.8 Å². The fourth-order valence-corrected chi connectivity index (χ4v) is 3.54. The third-order valence-electron chi connectivity index (χ3n) is 3.98. The van der Waals surface area contributed by atoms with Gasteiger partial charge in [0.15, 0.2) is 0 Å². The highest BCUT2D eigenvalue weighted by molar-refractivity contribution is 5.56. The van der Waals surface area contributed by atoms with Crippen molar-refractivity contribution in [1.82, 2.24) is 9.78 Å². The minimum absolute atomic E-state index is 0.0453. The summed E-state index contributed by atoms with van der Waals surface area (Å²) in [5.41, 5.74) is 6.51. The number of rotatable bonds is 2. The Labute approximate surface area is 113 Å². The summed E-state index contributed by atoms with van der Waals surface area (Å²) in [6.45, 7) is 8.32. The van der Waals surface area contributed by atoms with Crippen molar-refractivity contribution in [3.63, 3.8) is 0 Å². The van der Waals surface area contributed by atoms with Gasteiger partial charge in [-0.25, -0.2) is 4.68 Å². The Morgan fingerprint density at radius 2 is 2.11 bits per heavy atom. The lowest BCUT2D eigenvalue weighted by Gasteiger charge is -2.39. The smallest absolute Gasteiger partial charge is 0.333 e. The van der Waals surface area contributed by atoms with Crippen molar-refractivity contribution in [2.75, 3.05) is 5.73 Å². The Bertz CT molecular complexity index is 507. The van der Waals surface area contributed by atoms with Gasteiger partial charge >= 0.3 is 5.69 Å². The molecule has 2 N–H and O–H groups in total. The minimum atomic E-state index is -0.439. The van der Waals surface area contributed by atoms with Gasteiger partial charge in [0, 0.05) is 0 Å². The average molecular weight is 266 g/mol. The molecule has 1 aliphatic rings. The fourth-order valence-electron chi connectivity index (χ4n) is 3.54. The van der Waals surface area contributed by atoms with E-state index in [1.165, 1.54) is 6.42 Å². The van der Waals surface area contributed by atoms with Gasteiger partial charge in [0.05, 0.1) is 11.0 Å². The Morgan fingerprint density at radius 1 is 1.47 bits per heavy atom. The van der Waals surface area contributed by atoms with E-state index in [1.807, 2.05) is 0 Å². The van der Waals surface area contributed by atoms with Crippen LogP contribution in [0, 0.1) is 28.4 Å². The summed E-state index contributed by atoms with van der Waals surface area (Å²) in [7, 11) is 0. The van der Waals surface area contributed by atoms with Crippen LogP contribution < -0.4 is 5.73 Å². The molecule has 1 heterocycles. The number of hydrogen-bond donors (Lipinski definition) is 1. The van der Waals surface area contributed by atoms with E-state index in [9.17, 15) is 10.1 Å². The monoisotopic (exact) mass is 266 g/mol. The van der Waals surface area contributed by atoms with E-state index in [4.69, 9.17) is 5.73 Å². The number of nitrogens with two attached hydrogens (primary N) is 1. The summed E-state index contributed by atoms with van der Waals surface area (Å²) >= 11 is 0. The third kappa shape index (κ3) is 2.57. The summed E-state index contributed by atoms with van der Waals surface area (Å²) in [6.07, 6.45) is 3.11. The quantitative estimate of drug-likeness (QED) is 0.658. The molecule has 106 valence electrons. The molecule has 1 aromatic heterocycles. The van der Waals surface area contributed by atoms with Gasteiger partial charge < -0.3 is 5.73 Å². The van der Waals surface area contributed by atoms with Crippen LogP contribution in [0.1, 0.15) is 51.8 Å². The van der Waals surface area contributed by atoms with Gasteiger partial charge in [-0.2, -0.15) is 5.10 Å². The van der Waals surface area contributed by atoms with Crippen LogP contribution in [0.2, 0.25) is 0 Å². The second kappa shape index (κ2) is 4.51. The largest absolute Gasteiger partial charge is 0.378 e. The molecular formula is C13H22N4O2. The van der Waals surface area contributed by atoms with E-state index in [-0.39, 0.29) is 23.0 Å². The molecule has 2 rings (SSSR count). The van der Waals surface area contributed by atoms with E-state index >= 15 is 0 Å². The van der Waals surface area contributed by atoms with Gasteiger partial charge in [-0.05, 0) is 37.5 Å². The first-order chi connectivity index (χ1) is 8.71. The van der Waals surface area contributed by atoms with Crippen LogP contribution in [-0.4, -0.2) is 14.7 Å². The third-order valence-corrected chi connectivity index (χ3v) is 3.98. The number of nitro groups is 1. The van der Waals surface area contributed by atoms with Crippen molar-refractivity contribution in [3.8, 4) is 0 Å². The van der Waals surface area contributed by atoms with Crippen molar-refractivity contribution in [1.29, 1.82) is 0 Å². The van der Waals surface area contributed by atoms with E-state index in [2.05, 4.69) is 25.9 Å². The summed E-state index contributed by atoms with van der Waals surface area (Å²) in [4.78, 5) is 10.6. The molecule has 1 fully saturated rings. The maximum Gasteiger partial charge on any atom is 0.333 e. The normalized spacial score (nSPS) is 26.3. The second-order valence-corrected chi connectivity index (χ2v) is 6.59. The second-order valence-electron chi connectivity index (χ2n) is 6.59. The van der Waals surface area contributed by atoms with Crippen LogP contribution in [0.4, 0.5) is 11.5 Å². The number of aromatic nitrogens is 2. The highest BCUT2D eigenvalue weighted by atomic mass is 16.6. The van der Waals surface area contributed by atoms with Crippen LogP contribution in [0.5, 0.6) is 0 Å². The van der Waals surface area contributed by atoms with Gasteiger partial charge in [-0.1, -0.05) is 20.8 Å². The fraction of sp³-hybridized carbons (Fsp3) is 0.769. The topological polar surface area (TPSA) is 87.0 Å². The lowest BCUT2D eigenvalue weighted by molar-refractivity contribution is -0.384. The first-order valence-electron chi connectivity index (χ1n) is 6.70. The van der Waals surface area contributed by atoms with Gasteiger partial charge in [-0.15, -0.1) is 0 Å². The van der Waals surface area contributed by atoms with Crippen molar-refractivity contribution in [2.45, 2.75) is 53.0 Å². The van der Waals surface area contributed by atoms with Crippen LogP contribution in [0.3, 0.4) is 0 Å². The molecule has 2 unspecified atom stereocenters. The number of nitrogen functional groups attached to an aromatic ring is 1. The average Bonchev–Trinajstić information content (AvgIpc) is 2.50. The molecule has 0 spiro atoms. The number of hydrogen-bond acceptors (Lipinski definition) is 4. The number of nitrogens with zero attached hydrogens (tertiary/aromatic N) is 3. The van der Waals surface area contributed by atoms with E-state index in [1.54, 1.807) is 11.6 Å². The molecule has 0 amide bonds. The molecule has 6 nitrogen and oxygen atoms in total. The predicted molar refractivity (Wildman–Crippen MR) is 73.9 cm³/mol. The number of aryl methyl sites for hydroxylation is 1. The lowest BCUT2D eigenvalue weighted by Crippen LogP contribution is -2.30. The van der Waals surface area contributed by atoms with Crippen LogP contribution in [0.25, 0.3) is 0 Å². The highest BCUT2D eigenvalue weighted by Gasteiger charge is 2.36. The maximum absolute atomic E-state index is 11.0. The molecular weight excluding hydrogens is 244 g/mol. The summed E-state index contributed by atoms with van der Waals surface area (Å²) < 4.78 is 1.67. The van der Waals surface area contributed by atoms with Gasteiger partial charge in [0.2, 0.25) is 5.82 Å². The maximum atomic E-state index is 11.0. The van der Waals surface area contributed by atoms with Crippen molar-refractivity contribution in [2.24, 2.45) is 11.3 Å². The zero-order valence-electron chi connectivity index (χ0n) is 12.0. The standard InChI is InChI=1S/C13H22N4O2/c1-8-5-10(7-13(3,4)6-8)16-12(14)11(17(18)19)9(2)15-16/h8,10H,5-7,14H2,1-4H3. The summed E-state index contributed by atoms with van der Waals surface area (Å²) in [6, 6.07) is 0.158. The van der Waals surface area contributed by atoms with Gasteiger partial charge in [0.25, 0.3) is 0 Å². The summed E-state index contributed by atoms with van der Waals surface area (Å²) in [5, 5.41) is 15.3. The van der Waals surface area contributed by atoms with Crippen molar-refractivity contribution < 1.29 is 4.92 Å². The highest BCUT2D eigenvalue weighted by Crippen LogP contribution is 2.45. The first-order valence-corrected chi connectivity index (χ1v) is 6.70. The molecule has 0 aromatic carbocycles. The Hall–Kier alpha value is -1.59. The molecule has 0 bridgehead atoms. The molecule has 19 heavy (non-hydrogen) atoms. The Balaban J connectivity index is 2.37. The Morgan fingerprint density at radius 3 is 2.58 bits per heavy atom. The minimum Gasteiger partial charge on any atom is -0.378 e. The lowest BCUT2D eigenvalue weighted by atomic mass is 9.70. The Kier molecular flexibility index (Phi) is 3.28. The number of anilines is 1. The van der Waals surface area contributed by atoms with Crippen LogP contribution in [-0.2, 0) is 0 Å². The van der Waals surface area contributed by atoms with E-state index in [0.717, 1.165) is 12.8 Å². The zero-order chi connectivity index (χ0) is 14.4. The molecule has 0 saturated heterocycles. The molecule has 6 heteroatoms. The molecule has 1 aliphatic carbocycles. The van der Waals surface area contributed by atoms with Gasteiger partial charge in [0.1, 0.15) is 5.69 Å². The molecule has 1 aromatic rings. The van der Waals surface area contributed by atoms with E-state index in [0.29, 0.717) is 11.6 Å². The molecule has 1 saturated carbocycles. The van der Waals surface area contributed by atoms with Crippen molar-refractivity contribution >= 4 is 11.5 Å². The van der Waals surface area contributed by atoms with Crippen LogP contribution >= 0.6 is 0 Å². The first kappa shape index (κ1) is 13.8.